The van der Waals surface area contributed by atoms with Crippen LogP contribution >= 0.6 is 11.6 Å². The van der Waals surface area contributed by atoms with Crippen LogP contribution in [0.4, 0.5) is 0 Å². The molecule has 7 atom stereocenters. The van der Waals surface area contributed by atoms with Crippen molar-refractivity contribution in [1.29, 1.82) is 0 Å². The van der Waals surface area contributed by atoms with Gasteiger partial charge < -0.3 is 40.1 Å². The molecule has 208 valence electrons. The molecule has 2 unspecified atom stereocenters. The number of benzene rings is 2. The van der Waals surface area contributed by atoms with E-state index in [4.69, 9.17) is 21.1 Å². The van der Waals surface area contributed by atoms with Gasteiger partial charge in [-0.25, -0.2) is 0 Å². The molecule has 0 spiro atoms. The van der Waals surface area contributed by atoms with Crippen molar-refractivity contribution in [3.05, 3.63) is 64.2 Å². The van der Waals surface area contributed by atoms with Crippen LogP contribution in [0.1, 0.15) is 49.8 Å². The Morgan fingerprint density at radius 3 is 2.26 bits per heavy atom. The van der Waals surface area contributed by atoms with E-state index in [0.29, 0.717) is 41.9 Å². The zero-order valence-corrected chi connectivity index (χ0v) is 22.4. The lowest BCUT2D eigenvalue weighted by molar-refractivity contribution is -0.254. The minimum Gasteiger partial charge on any atom is -0.491 e. The quantitative estimate of drug-likeness (QED) is 0.260. The Labute approximate surface area is 227 Å². The molecule has 3 fully saturated rings. The van der Waals surface area contributed by atoms with Crippen molar-refractivity contribution >= 4 is 11.6 Å². The van der Waals surface area contributed by atoms with Crippen LogP contribution in [0.25, 0.3) is 0 Å². The lowest BCUT2D eigenvalue weighted by atomic mass is 9.55. The van der Waals surface area contributed by atoms with Crippen LogP contribution in [-0.2, 0) is 16.6 Å². The molecule has 0 radical (unpaired) electrons. The van der Waals surface area contributed by atoms with Crippen LogP contribution in [0.15, 0.2) is 42.5 Å². The van der Waals surface area contributed by atoms with Crippen molar-refractivity contribution in [2.45, 2.75) is 87.2 Å². The van der Waals surface area contributed by atoms with Crippen molar-refractivity contribution < 1.29 is 40.1 Å². The summed E-state index contributed by atoms with van der Waals surface area (Å²) < 4.78 is 11.3. The minimum atomic E-state index is -1.74. The molecule has 0 aromatic heterocycles. The van der Waals surface area contributed by atoms with Crippen LogP contribution < -0.4 is 4.74 Å². The molecule has 9 heteroatoms. The number of ether oxygens (including phenoxy) is 2. The molecule has 3 saturated carbocycles. The summed E-state index contributed by atoms with van der Waals surface area (Å²) >= 11 is 6.54. The maximum absolute atomic E-state index is 11.6. The Bertz CT molecular complexity index is 1150. The maximum Gasteiger partial charge on any atom is 0.119 e. The fraction of sp³-hybridized carbons (Fsp3) is 0.586. The van der Waals surface area contributed by atoms with Gasteiger partial charge in [0.1, 0.15) is 18.5 Å². The van der Waals surface area contributed by atoms with Crippen LogP contribution in [-0.4, -0.2) is 86.1 Å². The summed E-state index contributed by atoms with van der Waals surface area (Å²) in [5.74, 6) is 0.727. The van der Waals surface area contributed by atoms with E-state index in [9.17, 15) is 30.6 Å². The Balaban J connectivity index is 1.41. The Kier molecular flexibility index (Phi) is 7.33. The normalized spacial score (nSPS) is 34.9. The smallest absolute Gasteiger partial charge is 0.119 e. The van der Waals surface area contributed by atoms with Gasteiger partial charge in [-0.3, -0.25) is 0 Å². The average molecular weight is 549 g/mol. The van der Waals surface area contributed by atoms with E-state index in [2.05, 4.69) is 0 Å². The molecule has 0 heterocycles. The molecule has 3 aliphatic carbocycles. The van der Waals surface area contributed by atoms with Gasteiger partial charge in [0.25, 0.3) is 0 Å². The number of hydrogen-bond donors (Lipinski definition) is 6. The van der Waals surface area contributed by atoms with Gasteiger partial charge in [-0.15, -0.1) is 0 Å². The Morgan fingerprint density at radius 1 is 0.947 bits per heavy atom. The van der Waals surface area contributed by atoms with E-state index >= 15 is 0 Å². The third-order valence-electron chi connectivity index (χ3n) is 8.92. The fourth-order valence-corrected chi connectivity index (χ4v) is 6.77. The zero-order chi connectivity index (χ0) is 27.5. The second-order valence-electron chi connectivity index (χ2n) is 11.6. The molecular weight excluding hydrogens is 512 g/mol. The molecule has 5 rings (SSSR count). The van der Waals surface area contributed by atoms with Crippen molar-refractivity contribution in [3.63, 3.8) is 0 Å². The minimum absolute atomic E-state index is 0.210. The summed E-state index contributed by atoms with van der Waals surface area (Å²) in [6.07, 6.45) is -5.06. The van der Waals surface area contributed by atoms with Gasteiger partial charge in [0.15, 0.2) is 0 Å². The highest BCUT2D eigenvalue weighted by Gasteiger charge is 2.77. The molecule has 6 N–H and O–H groups in total. The van der Waals surface area contributed by atoms with Gasteiger partial charge in [0, 0.05) is 5.02 Å². The third-order valence-corrected chi connectivity index (χ3v) is 9.29. The number of rotatable bonds is 9. The SMILES string of the molecule is CC(C)(O)[C@@]12CC(O)[C@@](c3ccc(Cl)c(Cc4ccc(OCCOC5CC5)cc4)c3)(C1O)[C@@H](O)[C@H](O)[C@H]2O. The second kappa shape index (κ2) is 10.0. The number of halogens is 1. The van der Waals surface area contributed by atoms with Crippen molar-refractivity contribution in [2.75, 3.05) is 13.2 Å². The highest BCUT2D eigenvalue weighted by molar-refractivity contribution is 6.31. The van der Waals surface area contributed by atoms with E-state index in [0.717, 1.165) is 24.2 Å². The average Bonchev–Trinajstić information content (AvgIpc) is 3.67. The first-order chi connectivity index (χ1) is 17.9. The lowest BCUT2D eigenvalue weighted by Gasteiger charge is -2.56. The summed E-state index contributed by atoms with van der Waals surface area (Å²) in [6.45, 7) is 3.88. The number of hydrogen-bond acceptors (Lipinski definition) is 8. The van der Waals surface area contributed by atoms with Crippen molar-refractivity contribution in [2.24, 2.45) is 5.41 Å². The number of fused-ring (bicyclic) bond motifs is 2. The van der Waals surface area contributed by atoms with Crippen LogP contribution in [0.3, 0.4) is 0 Å². The molecular formula is C29H37ClO8. The highest BCUT2D eigenvalue weighted by Crippen LogP contribution is 2.63. The van der Waals surface area contributed by atoms with E-state index < -0.39 is 47.0 Å². The lowest BCUT2D eigenvalue weighted by Crippen LogP contribution is -2.72. The Hall–Kier alpha value is -1.75. The first-order valence-electron chi connectivity index (χ1n) is 13.2. The van der Waals surface area contributed by atoms with Gasteiger partial charge in [0.05, 0.1) is 53.6 Å². The third kappa shape index (κ3) is 4.35. The van der Waals surface area contributed by atoms with Crippen LogP contribution in [0.2, 0.25) is 5.02 Å². The first kappa shape index (κ1) is 27.8. The topological polar surface area (TPSA) is 140 Å². The predicted molar refractivity (Wildman–Crippen MR) is 140 cm³/mol. The van der Waals surface area contributed by atoms with Crippen molar-refractivity contribution in [1.82, 2.24) is 0 Å². The molecule has 2 bridgehead atoms. The number of aliphatic hydroxyl groups is 6. The largest absolute Gasteiger partial charge is 0.491 e. The molecule has 8 nitrogen and oxygen atoms in total. The summed E-state index contributed by atoms with van der Waals surface area (Å²) in [5, 5.41) is 67.3. The molecule has 2 aromatic carbocycles. The molecule has 0 amide bonds. The first-order valence-corrected chi connectivity index (χ1v) is 13.6. The summed E-state index contributed by atoms with van der Waals surface area (Å²) in [5.41, 5.74) is -3.06. The van der Waals surface area contributed by atoms with Gasteiger partial charge in [-0.05, 0) is 74.4 Å². The fourth-order valence-electron chi connectivity index (χ4n) is 6.59. The van der Waals surface area contributed by atoms with Gasteiger partial charge in [0.2, 0.25) is 0 Å². The summed E-state index contributed by atoms with van der Waals surface area (Å²) in [6, 6.07) is 12.5. The summed E-state index contributed by atoms with van der Waals surface area (Å²) in [4.78, 5) is 0. The number of aliphatic hydroxyl groups excluding tert-OH is 5. The second-order valence-corrected chi connectivity index (χ2v) is 12.0. The molecule has 0 saturated heterocycles. The zero-order valence-electron chi connectivity index (χ0n) is 21.6. The predicted octanol–water partition coefficient (Wildman–Crippen LogP) is 1.71. The summed E-state index contributed by atoms with van der Waals surface area (Å²) in [7, 11) is 0. The Morgan fingerprint density at radius 2 is 1.63 bits per heavy atom. The van der Waals surface area contributed by atoms with E-state index in [1.54, 1.807) is 18.2 Å². The van der Waals surface area contributed by atoms with Crippen molar-refractivity contribution in [3.8, 4) is 5.75 Å². The van der Waals surface area contributed by atoms with Gasteiger partial charge >= 0.3 is 0 Å². The highest BCUT2D eigenvalue weighted by atomic mass is 35.5. The molecule has 3 aliphatic rings. The van der Waals surface area contributed by atoms with Gasteiger partial charge in [-0.2, -0.15) is 0 Å². The maximum atomic E-state index is 11.6. The van der Waals surface area contributed by atoms with E-state index in [1.807, 2.05) is 24.3 Å². The molecule has 2 aromatic rings. The van der Waals surface area contributed by atoms with Crippen LogP contribution in [0.5, 0.6) is 5.75 Å². The van der Waals surface area contributed by atoms with E-state index in [-0.39, 0.29) is 6.42 Å². The molecule has 0 aliphatic heterocycles. The van der Waals surface area contributed by atoms with E-state index in [1.165, 1.54) is 13.8 Å². The standard InChI is InChI=1S/C29H37ClO8/c1-27(2,36)28-15-22(31)29(26(28)35,25(34)23(32)24(28)33)18-5-10-21(30)17(14-18)13-16-3-6-19(7-4-16)37-11-12-38-20-8-9-20/h3-7,10,14,20,22-26,31-36H,8-9,11-13,15H2,1-2H3/t22?,23-,24-,25+,26?,28-,29-/m1/s1. The van der Waals surface area contributed by atoms with Crippen LogP contribution in [0, 0.1) is 5.41 Å². The molecule has 38 heavy (non-hydrogen) atoms. The monoisotopic (exact) mass is 548 g/mol. The van der Waals surface area contributed by atoms with Gasteiger partial charge in [-0.1, -0.05) is 35.9 Å².